The Morgan fingerprint density at radius 3 is 2.31 bits per heavy atom. The Bertz CT molecular complexity index is 1290. The first-order valence-corrected chi connectivity index (χ1v) is 10.9. The summed E-state index contributed by atoms with van der Waals surface area (Å²) in [6.07, 6.45) is -3.51. The van der Waals surface area contributed by atoms with Gasteiger partial charge in [-0.1, -0.05) is 23.2 Å². The lowest BCUT2D eigenvalue weighted by molar-refractivity contribution is -0.138. The van der Waals surface area contributed by atoms with Crippen LogP contribution in [0.15, 0.2) is 48.7 Å². The van der Waals surface area contributed by atoms with Gasteiger partial charge in [0, 0.05) is 24.4 Å². The third-order valence-corrected chi connectivity index (χ3v) is 5.28. The second-order valence-corrected chi connectivity index (χ2v) is 8.46. The summed E-state index contributed by atoms with van der Waals surface area (Å²) in [5.41, 5.74) is -1.30. The van der Waals surface area contributed by atoms with E-state index in [2.05, 4.69) is 4.98 Å². The number of carbonyl (C=O) groups excluding carboxylic acids is 2. The molecule has 3 aromatic rings. The Balaban J connectivity index is 2.14. The summed E-state index contributed by atoms with van der Waals surface area (Å²) in [7, 11) is 1.07. The van der Waals surface area contributed by atoms with E-state index in [0.717, 1.165) is 36.3 Å². The van der Waals surface area contributed by atoms with Crippen molar-refractivity contribution in [3.05, 3.63) is 81.9 Å². The molecule has 0 aliphatic heterocycles. The number of halogens is 5. The van der Waals surface area contributed by atoms with Crippen LogP contribution in [-0.4, -0.2) is 30.0 Å². The Morgan fingerprint density at radius 1 is 1.06 bits per heavy atom. The van der Waals surface area contributed by atoms with Crippen LogP contribution in [0.25, 0.3) is 0 Å². The van der Waals surface area contributed by atoms with Gasteiger partial charge in [0.05, 0.1) is 28.9 Å². The Hall–Kier alpha value is -3.66. The van der Waals surface area contributed by atoms with Crippen LogP contribution in [0.3, 0.4) is 0 Å². The molecule has 190 valence electrons. The number of rotatable bonds is 6. The summed E-state index contributed by atoms with van der Waals surface area (Å²) in [6.45, 7) is 4.72. The van der Waals surface area contributed by atoms with Crippen LogP contribution in [0, 0.1) is 12.7 Å². The molecule has 1 heterocycles. The number of carbonyl (C=O) groups is 2. The fraction of sp³-hybridized carbons (Fsp3) is 0.240. The predicted molar refractivity (Wildman–Crippen MR) is 125 cm³/mol. The van der Waals surface area contributed by atoms with E-state index in [0.29, 0.717) is 10.6 Å². The van der Waals surface area contributed by atoms with Crippen molar-refractivity contribution in [1.82, 2.24) is 4.98 Å². The summed E-state index contributed by atoms with van der Waals surface area (Å²) in [6, 6.07) is 7.24. The van der Waals surface area contributed by atoms with Gasteiger partial charge in [0.1, 0.15) is 11.4 Å². The molecule has 0 spiro atoms. The lowest BCUT2D eigenvalue weighted by Gasteiger charge is -2.28. The molecular weight excluding hydrogens is 504 g/mol. The molecule has 11 heteroatoms. The molecular formula is C25H21ClF4N2O4. The molecule has 0 atom stereocenters. The van der Waals surface area contributed by atoms with Crippen LogP contribution in [0.2, 0.25) is 5.02 Å². The summed E-state index contributed by atoms with van der Waals surface area (Å²) in [4.78, 5) is 30.9. The lowest BCUT2D eigenvalue weighted by Crippen LogP contribution is -2.38. The number of pyridine rings is 1. The van der Waals surface area contributed by atoms with Crippen LogP contribution in [-0.2, 0) is 10.9 Å². The summed E-state index contributed by atoms with van der Waals surface area (Å²) < 4.78 is 65.8. The zero-order chi connectivity index (χ0) is 26.8. The highest BCUT2D eigenvalue weighted by Crippen LogP contribution is 2.40. The molecule has 0 radical (unpaired) electrons. The number of methoxy groups -OCH3 is 1. The predicted octanol–water partition coefficient (Wildman–Crippen LogP) is 6.84. The third kappa shape index (κ3) is 5.76. The number of nitrogens with zero attached hydrogens (tertiary/aromatic N) is 2. The Kier molecular flexibility index (Phi) is 7.88. The first kappa shape index (κ1) is 26.9. The highest BCUT2D eigenvalue weighted by molar-refractivity contribution is 6.30. The van der Waals surface area contributed by atoms with Gasteiger partial charge in [0.2, 0.25) is 0 Å². The number of anilines is 1. The van der Waals surface area contributed by atoms with Crippen LogP contribution >= 0.6 is 11.6 Å². The molecule has 1 aromatic heterocycles. The first-order valence-electron chi connectivity index (χ1n) is 10.6. The second kappa shape index (κ2) is 10.5. The fourth-order valence-electron chi connectivity index (χ4n) is 3.41. The number of aryl methyl sites for hydroxylation is 1. The monoisotopic (exact) mass is 524 g/mol. The van der Waals surface area contributed by atoms with Crippen LogP contribution in [0.5, 0.6) is 11.5 Å². The molecule has 0 saturated heterocycles. The molecule has 0 aliphatic rings. The van der Waals surface area contributed by atoms with Crippen molar-refractivity contribution in [1.29, 1.82) is 0 Å². The van der Waals surface area contributed by atoms with E-state index >= 15 is 4.39 Å². The van der Waals surface area contributed by atoms with Crippen molar-refractivity contribution in [3.8, 4) is 11.5 Å². The van der Waals surface area contributed by atoms with E-state index in [-0.39, 0.29) is 16.9 Å². The summed E-state index contributed by atoms with van der Waals surface area (Å²) in [5, 5.41) is 0.291. The molecule has 0 N–H and O–H groups in total. The minimum atomic E-state index is -4.77. The van der Waals surface area contributed by atoms with Crippen molar-refractivity contribution in [2.75, 3.05) is 12.0 Å². The van der Waals surface area contributed by atoms with E-state index in [9.17, 15) is 22.8 Å². The highest BCUT2D eigenvalue weighted by atomic mass is 35.5. The first-order chi connectivity index (χ1) is 16.8. The van der Waals surface area contributed by atoms with Gasteiger partial charge in [0.25, 0.3) is 5.91 Å². The number of benzene rings is 2. The number of hydrogen-bond donors (Lipinski definition) is 0. The van der Waals surface area contributed by atoms with Crippen LogP contribution in [0.1, 0.15) is 45.8 Å². The number of amides is 1. The topological polar surface area (TPSA) is 68.7 Å². The van der Waals surface area contributed by atoms with E-state index in [4.69, 9.17) is 21.1 Å². The van der Waals surface area contributed by atoms with E-state index in [1.165, 1.54) is 31.3 Å². The Labute approximate surface area is 209 Å². The van der Waals surface area contributed by atoms with Gasteiger partial charge < -0.3 is 14.4 Å². The maximum Gasteiger partial charge on any atom is 0.419 e. The molecule has 1 amide bonds. The van der Waals surface area contributed by atoms with Gasteiger partial charge in [-0.2, -0.15) is 13.2 Å². The van der Waals surface area contributed by atoms with Gasteiger partial charge >= 0.3 is 12.1 Å². The second-order valence-electron chi connectivity index (χ2n) is 8.02. The minimum Gasteiger partial charge on any atom is -0.465 e. The Morgan fingerprint density at radius 2 is 1.75 bits per heavy atom. The van der Waals surface area contributed by atoms with Crippen molar-refractivity contribution >= 4 is 29.2 Å². The molecule has 0 unspecified atom stereocenters. The van der Waals surface area contributed by atoms with Gasteiger partial charge in [-0.05, 0) is 45.0 Å². The molecule has 3 rings (SSSR count). The normalized spacial score (nSPS) is 11.4. The van der Waals surface area contributed by atoms with Crippen molar-refractivity contribution in [2.45, 2.75) is 33.0 Å². The van der Waals surface area contributed by atoms with Gasteiger partial charge in [0.15, 0.2) is 11.6 Å². The van der Waals surface area contributed by atoms with Crippen LogP contribution < -0.4 is 9.64 Å². The van der Waals surface area contributed by atoms with Crippen molar-refractivity contribution in [2.24, 2.45) is 0 Å². The molecule has 0 aliphatic carbocycles. The highest BCUT2D eigenvalue weighted by Gasteiger charge is 2.35. The molecule has 0 fully saturated rings. The molecule has 36 heavy (non-hydrogen) atoms. The zero-order valence-electron chi connectivity index (χ0n) is 19.6. The molecule has 6 nitrogen and oxygen atoms in total. The standard InChI is InChI=1S/C25H21ClF4N2O4/c1-13(2)32(23(33)19-7-6-15(26)12-31-19)20-11-18(27)22(10-16(20)24(34)35-4)36-21-8-5-14(3)9-17(21)25(28,29)30/h5-13H,1-4H3. The van der Waals surface area contributed by atoms with E-state index in [1.807, 2.05) is 0 Å². The van der Waals surface area contributed by atoms with E-state index in [1.54, 1.807) is 13.8 Å². The number of hydrogen-bond acceptors (Lipinski definition) is 5. The lowest BCUT2D eigenvalue weighted by atomic mass is 10.1. The average Bonchev–Trinajstić information content (AvgIpc) is 2.80. The molecule has 0 bridgehead atoms. The smallest absolute Gasteiger partial charge is 0.419 e. The van der Waals surface area contributed by atoms with Crippen LogP contribution in [0.4, 0.5) is 23.2 Å². The van der Waals surface area contributed by atoms with Gasteiger partial charge in [-0.3, -0.25) is 4.79 Å². The van der Waals surface area contributed by atoms with Crippen molar-refractivity contribution < 1.29 is 36.6 Å². The number of ether oxygens (including phenoxy) is 2. The fourth-order valence-corrected chi connectivity index (χ4v) is 3.53. The molecule has 2 aromatic carbocycles. The summed E-state index contributed by atoms with van der Waals surface area (Å²) in [5.74, 6) is -4.05. The molecule has 0 saturated carbocycles. The zero-order valence-corrected chi connectivity index (χ0v) is 20.4. The minimum absolute atomic E-state index is 0.0286. The van der Waals surface area contributed by atoms with E-state index < -0.39 is 47.0 Å². The SMILES string of the molecule is COC(=O)c1cc(Oc2ccc(C)cc2C(F)(F)F)c(F)cc1N(C(=O)c1ccc(Cl)cn1)C(C)C. The van der Waals surface area contributed by atoms with Gasteiger partial charge in [-0.15, -0.1) is 0 Å². The number of esters is 1. The maximum absolute atomic E-state index is 15.2. The number of alkyl halides is 3. The summed E-state index contributed by atoms with van der Waals surface area (Å²) >= 11 is 5.83. The average molecular weight is 525 g/mol. The third-order valence-electron chi connectivity index (χ3n) is 5.06. The number of aromatic nitrogens is 1. The maximum atomic E-state index is 15.2. The van der Waals surface area contributed by atoms with Gasteiger partial charge in [-0.25, -0.2) is 14.2 Å². The quantitative estimate of drug-likeness (QED) is 0.261. The van der Waals surface area contributed by atoms with Crippen molar-refractivity contribution in [3.63, 3.8) is 0 Å². The largest absolute Gasteiger partial charge is 0.465 e.